The Kier molecular flexibility index (Phi) is 5.44. The van der Waals surface area contributed by atoms with Gasteiger partial charge in [0.2, 0.25) is 5.91 Å². The predicted octanol–water partition coefficient (Wildman–Crippen LogP) is 2.07. The van der Waals surface area contributed by atoms with Crippen LogP contribution >= 0.6 is 0 Å². The normalized spacial score (nSPS) is 19.2. The summed E-state index contributed by atoms with van der Waals surface area (Å²) in [5.41, 5.74) is 1.86. The Balaban J connectivity index is 1.62. The van der Waals surface area contributed by atoms with Gasteiger partial charge in [-0.05, 0) is 44.4 Å². The molecular weight excluding hydrogens is 334 g/mol. The highest BCUT2D eigenvalue weighted by molar-refractivity contribution is 6.05. The van der Waals surface area contributed by atoms with Crippen molar-refractivity contribution in [1.82, 2.24) is 5.32 Å². The van der Waals surface area contributed by atoms with Gasteiger partial charge in [-0.3, -0.25) is 9.59 Å². The molecule has 2 N–H and O–H groups in total. The number of amides is 2. The van der Waals surface area contributed by atoms with Crippen molar-refractivity contribution in [3.8, 4) is 0 Å². The number of benzene rings is 1. The van der Waals surface area contributed by atoms with Crippen LogP contribution < -0.4 is 15.5 Å². The molecule has 0 bridgehead atoms. The van der Waals surface area contributed by atoms with Crippen LogP contribution in [-0.2, 0) is 14.3 Å². The molecule has 2 amide bonds. The molecular formula is C19H25N3O4. The number of anilines is 2. The Bertz CT molecular complexity index is 719. The number of fused-ring (bicyclic) bond motifs is 3. The topological polar surface area (TPSA) is 87.7 Å². The summed E-state index contributed by atoms with van der Waals surface area (Å²) in [6.45, 7) is 4.48. The van der Waals surface area contributed by atoms with Gasteiger partial charge in [-0.1, -0.05) is 13.3 Å². The molecule has 2 aliphatic rings. The molecule has 0 aliphatic carbocycles. The van der Waals surface area contributed by atoms with Gasteiger partial charge < -0.3 is 20.3 Å². The molecule has 1 aromatic rings. The summed E-state index contributed by atoms with van der Waals surface area (Å²) >= 11 is 0. The van der Waals surface area contributed by atoms with Gasteiger partial charge in [0.25, 0.3) is 5.91 Å². The lowest BCUT2D eigenvalue weighted by Crippen LogP contribution is -2.43. The van der Waals surface area contributed by atoms with E-state index in [-0.39, 0.29) is 30.5 Å². The summed E-state index contributed by atoms with van der Waals surface area (Å²) in [4.78, 5) is 38.3. The molecule has 2 heterocycles. The second-order valence-corrected chi connectivity index (χ2v) is 6.91. The standard InChI is InChI=1S/C19H25N3O4/c1-3-5-12(2)20-17(23)11-26-19(25)13-7-8-15-14(10-13)21-18(24)16-6-4-9-22(15)16/h7-8,10,12,16H,3-6,9,11H2,1-2H3,(H,20,23)(H,21,24)/t12-,16+/m1/s1. The van der Waals surface area contributed by atoms with Crippen LogP contribution in [-0.4, -0.2) is 43.0 Å². The van der Waals surface area contributed by atoms with Gasteiger partial charge in [-0.15, -0.1) is 0 Å². The van der Waals surface area contributed by atoms with Crippen molar-refractivity contribution >= 4 is 29.2 Å². The van der Waals surface area contributed by atoms with E-state index in [1.54, 1.807) is 12.1 Å². The summed E-state index contributed by atoms with van der Waals surface area (Å²) in [7, 11) is 0. The van der Waals surface area contributed by atoms with E-state index in [1.165, 1.54) is 0 Å². The summed E-state index contributed by atoms with van der Waals surface area (Å²) in [5, 5.41) is 5.65. The molecule has 26 heavy (non-hydrogen) atoms. The molecule has 1 saturated heterocycles. The largest absolute Gasteiger partial charge is 0.452 e. The quantitative estimate of drug-likeness (QED) is 0.759. The first-order chi connectivity index (χ1) is 12.5. The molecule has 1 fully saturated rings. The van der Waals surface area contributed by atoms with Gasteiger partial charge in [0, 0.05) is 12.6 Å². The van der Waals surface area contributed by atoms with Crippen molar-refractivity contribution in [2.45, 2.75) is 51.6 Å². The van der Waals surface area contributed by atoms with Crippen LogP contribution in [0.5, 0.6) is 0 Å². The molecule has 7 nitrogen and oxygen atoms in total. The van der Waals surface area contributed by atoms with Crippen LogP contribution in [0.1, 0.15) is 49.9 Å². The number of rotatable bonds is 6. The van der Waals surface area contributed by atoms with Crippen molar-refractivity contribution < 1.29 is 19.1 Å². The number of hydrogen-bond donors (Lipinski definition) is 2. The molecule has 0 spiro atoms. The van der Waals surface area contributed by atoms with Crippen molar-refractivity contribution in [2.75, 3.05) is 23.4 Å². The minimum absolute atomic E-state index is 0.0372. The Morgan fingerprint density at radius 2 is 2.23 bits per heavy atom. The molecule has 1 aromatic carbocycles. The lowest BCUT2D eigenvalue weighted by Gasteiger charge is -2.33. The zero-order chi connectivity index (χ0) is 18.7. The highest BCUT2D eigenvalue weighted by atomic mass is 16.5. The molecule has 7 heteroatoms. The Labute approximate surface area is 153 Å². The fourth-order valence-corrected chi connectivity index (χ4v) is 3.59. The highest BCUT2D eigenvalue weighted by Gasteiger charge is 2.36. The smallest absolute Gasteiger partial charge is 0.338 e. The van der Waals surface area contributed by atoms with E-state index in [1.807, 2.05) is 19.9 Å². The summed E-state index contributed by atoms with van der Waals surface area (Å²) in [6, 6.07) is 5.05. The molecule has 3 rings (SSSR count). The van der Waals surface area contributed by atoms with Gasteiger partial charge in [0.05, 0.1) is 16.9 Å². The maximum absolute atomic E-state index is 12.2. The first kappa shape index (κ1) is 18.2. The Hall–Kier alpha value is -2.57. The van der Waals surface area contributed by atoms with Gasteiger partial charge in [-0.25, -0.2) is 4.79 Å². The number of esters is 1. The molecule has 0 aromatic heterocycles. The molecule has 2 atom stereocenters. The minimum atomic E-state index is -0.580. The Morgan fingerprint density at radius 3 is 3.00 bits per heavy atom. The van der Waals surface area contributed by atoms with E-state index in [0.29, 0.717) is 11.3 Å². The van der Waals surface area contributed by atoms with Crippen LogP contribution in [0.3, 0.4) is 0 Å². The second kappa shape index (κ2) is 7.76. The minimum Gasteiger partial charge on any atom is -0.452 e. The third-order valence-corrected chi connectivity index (χ3v) is 4.82. The number of carbonyl (C=O) groups is 3. The van der Waals surface area contributed by atoms with Crippen molar-refractivity contribution in [2.24, 2.45) is 0 Å². The van der Waals surface area contributed by atoms with Gasteiger partial charge in [0.1, 0.15) is 6.04 Å². The zero-order valence-electron chi connectivity index (χ0n) is 15.2. The van der Waals surface area contributed by atoms with Crippen LogP contribution in [0, 0.1) is 0 Å². The average molecular weight is 359 g/mol. The van der Waals surface area contributed by atoms with Crippen molar-refractivity contribution in [1.29, 1.82) is 0 Å². The summed E-state index contributed by atoms with van der Waals surface area (Å²) in [5.74, 6) is -0.931. The maximum Gasteiger partial charge on any atom is 0.338 e. The number of nitrogens with zero attached hydrogens (tertiary/aromatic N) is 1. The van der Waals surface area contributed by atoms with E-state index < -0.39 is 5.97 Å². The van der Waals surface area contributed by atoms with E-state index >= 15 is 0 Å². The molecule has 140 valence electrons. The van der Waals surface area contributed by atoms with Crippen LogP contribution in [0.25, 0.3) is 0 Å². The van der Waals surface area contributed by atoms with E-state index in [4.69, 9.17) is 4.74 Å². The summed E-state index contributed by atoms with van der Waals surface area (Å²) < 4.78 is 5.10. The molecule has 0 unspecified atom stereocenters. The van der Waals surface area contributed by atoms with Gasteiger partial charge >= 0.3 is 5.97 Å². The summed E-state index contributed by atoms with van der Waals surface area (Å²) in [6.07, 6.45) is 3.68. The lowest BCUT2D eigenvalue weighted by atomic mass is 10.1. The van der Waals surface area contributed by atoms with Gasteiger partial charge in [-0.2, -0.15) is 0 Å². The SMILES string of the molecule is CCC[C@@H](C)NC(=O)COC(=O)c1ccc2c(c1)NC(=O)[C@@H]1CCCN21. The number of nitrogens with one attached hydrogen (secondary N) is 2. The Morgan fingerprint density at radius 1 is 1.42 bits per heavy atom. The van der Waals surface area contributed by atoms with Crippen molar-refractivity contribution in [3.63, 3.8) is 0 Å². The number of ether oxygens (including phenoxy) is 1. The first-order valence-corrected chi connectivity index (χ1v) is 9.17. The molecule has 0 saturated carbocycles. The van der Waals surface area contributed by atoms with Crippen LogP contribution in [0.4, 0.5) is 11.4 Å². The van der Waals surface area contributed by atoms with E-state index in [2.05, 4.69) is 15.5 Å². The predicted molar refractivity (Wildman–Crippen MR) is 98.2 cm³/mol. The van der Waals surface area contributed by atoms with E-state index in [9.17, 15) is 14.4 Å². The van der Waals surface area contributed by atoms with Crippen molar-refractivity contribution in [3.05, 3.63) is 23.8 Å². The van der Waals surface area contributed by atoms with Gasteiger partial charge in [0.15, 0.2) is 6.61 Å². The third-order valence-electron chi connectivity index (χ3n) is 4.82. The average Bonchev–Trinajstić information content (AvgIpc) is 3.10. The maximum atomic E-state index is 12.2. The first-order valence-electron chi connectivity index (χ1n) is 9.17. The molecule has 2 aliphatic heterocycles. The second-order valence-electron chi connectivity index (χ2n) is 6.91. The lowest BCUT2D eigenvalue weighted by molar-refractivity contribution is -0.124. The third kappa shape index (κ3) is 3.81. The fraction of sp³-hybridized carbons (Fsp3) is 0.526. The van der Waals surface area contributed by atoms with Crippen LogP contribution in [0.2, 0.25) is 0 Å². The number of hydrogen-bond acceptors (Lipinski definition) is 5. The highest BCUT2D eigenvalue weighted by Crippen LogP contribution is 2.37. The van der Waals surface area contributed by atoms with E-state index in [0.717, 1.165) is 37.9 Å². The fourth-order valence-electron chi connectivity index (χ4n) is 3.59. The molecule has 0 radical (unpaired) electrons. The number of carbonyl (C=O) groups excluding carboxylic acids is 3. The van der Waals surface area contributed by atoms with Crippen LogP contribution in [0.15, 0.2) is 18.2 Å². The monoisotopic (exact) mass is 359 g/mol. The zero-order valence-corrected chi connectivity index (χ0v) is 15.2.